The predicted octanol–water partition coefficient (Wildman–Crippen LogP) is -0.400. The third-order valence-electron chi connectivity index (χ3n) is 5.50. The second kappa shape index (κ2) is 19.9. The van der Waals surface area contributed by atoms with Crippen molar-refractivity contribution in [3.63, 3.8) is 0 Å². The van der Waals surface area contributed by atoms with Crippen LogP contribution in [-0.4, -0.2) is 127 Å². The molecule has 0 aliphatic heterocycles. The molecular formula is C26H46N4O10. The molecule has 0 aromatic heterocycles. The number of carbonyl (C=O) groups excluding carboxylic acids is 4. The highest BCUT2D eigenvalue weighted by atomic mass is 16.6. The van der Waals surface area contributed by atoms with Crippen LogP contribution in [0, 0.1) is 11.8 Å². The van der Waals surface area contributed by atoms with E-state index in [0.717, 1.165) is 0 Å². The summed E-state index contributed by atoms with van der Waals surface area (Å²) in [6.45, 7) is 7.20. The molecule has 2 unspecified atom stereocenters. The minimum absolute atomic E-state index is 0.00460. The fourth-order valence-corrected chi connectivity index (χ4v) is 3.83. The van der Waals surface area contributed by atoms with Crippen LogP contribution in [-0.2, 0) is 38.2 Å². The van der Waals surface area contributed by atoms with Crippen molar-refractivity contribution >= 4 is 35.6 Å². The lowest BCUT2D eigenvalue weighted by Crippen LogP contribution is -2.49. The Labute approximate surface area is 235 Å². The van der Waals surface area contributed by atoms with Gasteiger partial charge in [0.2, 0.25) is 5.91 Å². The number of ketones is 1. The molecule has 0 rings (SSSR count). The van der Waals surface area contributed by atoms with Crippen LogP contribution >= 0.6 is 0 Å². The van der Waals surface area contributed by atoms with E-state index in [2.05, 4.69) is 10.6 Å². The first-order chi connectivity index (χ1) is 18.6. The van der Waals surface area contributed by atoms with Crippen molar-refractivity contribution in [2.75, 3.05) is 59.5 Å². The molecule has 40 heavy (non-hydrogen) atoms. The number of nitrogens with zero attached hydrogens (tertiary/aromatic N) is 2. The predicted molar refractivity (Wildman–Crippen MR) is 144 cm³/mol. The fraction of sp³-hybridized carbons (Fsp3) is 0.769. The fourth-order valence-electron chi connectivity index (χ4n) is 3.83. The zero-order valence-electron chi connectivity index (χ0n) is 24.4. The van der Waals surface area contributed by atoms with Crippen molar-refractivity contribution in [2.24, 2.45) is 11.8 Å². The molecule has 230 valence electrons. The summed E-state index contributed by atoms with van der Waals surface area (Å²) in [5.74, 6) is -4.12. The van der Waals surface area contributed by atoms with Crippen molar-refractivity contribution in [2.45, 2.75) is 59.5 Å². The van der Waals surface area contributed by atoms with Crippen LogP contribution in [0.3, 0.4) is 0 Å². The summed E-state index contributed by atoms with van der Waals surface area (Å²) < 4.78 is 10.4. The van der Waals surface area contributed by atoms with E-state index in [-0.39, 0.29) is 63.4 Å². The SMILES string of the molecule is CNC(CC(C)C)C(=O)OCCOC(=O)C(CC(C)C)NC(=O)CN(CCN(CC(C)=O)CC(=O)O)CC(=O)O. The van der Waals surface area contributed by atoms with Gasteiger partial charge < -0.3 is 30.3 Å². The number of carboxylic acids is 2. The molecule has 0 saturated heterocycles. The van der Waals surface area contributed by atoms with Crippen LogP contribution in [0.4, 0.5) is 0 Å². The number of Topliss-reactive ketones (excluding diaryl/α,β-unsaturated/α-hetero) is 1. The Morgan fingerprint density at radius 3 is 1.52 bits per heavy atom. The quantitative estimate of drug-likeness (QED) is 0.0965. The van der Waals surface area contributed by atoms with Crippen LogP contribution in [0.1, 0.15) is 47.5 Å². The van der Waals surface area contributed by atoms with E-state index in [9.17, 15) is 33.9 Å². The summed E-state index contributed by atoms with van der Waals surface area (Å²) in [4.78, 5) is 74.1. The number of carbonyl (C=O) groups is 6. The van der Waals surface area contributed by atoms with Crippen molar-refractivity contribution in [3.05, 3.63) is 0 Å². The lowest BCUT2D eigenvalue weighted by molar-refractivity contribution is -0.155. The minimum Gasteiger partial charge on any atom is -0.480 e. The average molecular weight is 575 g/mol. The van der Waals surface area contributed by atoms with Gasteiger partial charge in [-0.15, -0.1) is 0 Å². The number of esters is 2. The molecule has 0 heterocycles. The van der Waals surface area contributed by atoms with Crippen molar-refractivity contribution in [3.8, 4) is 0 Å². The molecule has 0 radical (unpaired) electrons. The van der Waals surface area contributed by atoms with Crippen LogP contribution in [0.5, 0.6) is 0 Å². The molecule has 14 heteroatoms. The van der Waals surface area contributed by atoms with E-state index in [1.54, 1.807) is 7.05 Å². The van der Waals surface area contributed by atoms with Gasteiger partial charge in [0.1, 0.15) is 31.1 Å². The van der Waals surface area contributed by atoms with Gasteiger partial charge in [-0.2, -0.15) is 0 Å². The first kappa shape index (κ1) is 36.9. The van der Waals surface area contributed by atoms with E-state index in [4.69, 9.17) is 14.6 Å². The van der Waals surface area contributed by atoms with Gasteiger partial charge in [0.05, 0.1) is 26.2 Å². The van der Waals surface area contributed by atoms with E-state index >= 15 is 0 Å². The number of nitrogens with one attached hydrogen (secondary N) is 2. The van der Waals surface area contributed by atoms with Gasteiger partial charge in [-0.25, -0.2) is 4.79 Å². The lowest BCUT2D eigenvalue weighted by Gasteiger charge is -2.26. The molecule has 0 aromatic rings. The van der Waals surface area contributed by atoms with Gasteiger partial charge in [0, 0.05) is 13.1 Å². The van der Waals surface area contributed by atoms with E-state index < -0.39 is 55.0 Å². The molecule has 0 saturated carbocycles. The Bertz CT molecular complexity index is 833. The molecule has 1 amide bonds. The number of ether oxygens (including phenoxy) is 2. The summed E-state index contributed by atoms with van der Waals surface area (Å²) in [5, 5.41) is 23.8. The number of aliphatic carboxylic acids is 2. The maximum Gasteiger partial charge on any atom is 0.328 e. The summed E-state index contributed by atoms with van der Waals surface area (Å²) >= 11 is 0. The van der Waals surface area contributed by atoms with Crippen LogP contribution in [0.2, 0.25) is 0 Å². The molecule has 2 atom stereocenters. The third-order valence-corrected chi connectivity index (χ3v) is 5.50. The number of carboxylic acid groups (broad SMARTS) is 2. The minimum atomic E-state index is -1.20. The normalized spacial score (nSPS) is 12.8. The molecule has 0 aliphatic rings. The topological polar surface area (TPSA) is 192 Å². The van der Waals surface area contributed by atoms with Crippen LogP contribution in [0.15, 0.2) is 0 Å². The smallest absolute Gasteiger partial charge is 0.328 e. The zero-order chi connectivity index (χ0) is 30.8. The maximum atomic E-state index is 12.8. The number of likely N-dealkylation sites (N-methyl/N-ethyl adjacent to an activating group) is 1. The Morgan fingerprint density at radius 2 is 1.12 bits per heavy atom. The average Bonchev–Trinajstić information content (AvgIpc) is 2.81. The Morgan fingerprint density at radius 1 is 0.700 bits per heavy atom. The monoisotopic (exact) mass is 574 g/mol. The van der Waals surface area contributed by atoms with Crippen molar-refractivity contribution < 1.29 is 48.5 Å². The summed E-state index contributed by atoms with van der Waals surface area (Å²) in [6.07, 6.45) is 0.843. The Kier molecular flexibility index (Phi) is 18.3. The number of hydrogen-bond acceptors (Lipinski definition) is 11. The highest BCUT2D eigenvalue weighted by molar-refractivity contribution is 5.86. The van der Waals surface area contributed by atoms with Gasteiger partial charge in [-0.3, -0.25) is 33.8 Å². The molecule has 0 bridgehead atoms. The first-order valence-electron chi connectivity index (χ1n) is 13.3. The summed E-state index contributed by atoms with van der Waals surface area (Å²) in [7, 11) is 1.66. The van der Waals surface area contributed by atoms with Crippen molar-refractivity contribution in [1.82, 2.24) is 20.4 Å². The summed E-state index contributed by atoms with van der Waals surface area (Å²) in [5.41, 5.74) is 0. The second-order valence-corrected chi connectivity index (χ2v) is 10.5. The number of hydrogen-bond donors (Lipinski definition) is 4. The lowest BCUT2D eigenvalue weighted by atomic mass is 10.0. The highest BCUT2D eigenvalue weighted by Gasteiger charge is 2.26. The molecule has 0 aromatic carbocycles. The molecule has 14 nitrogen and oxygen atoms in total. The molecule has 4 N–H and O–H groups in total. The third kappa shape index (κ3) is 18.2. The second-order valence-electron chi connectivity index (χ2n) is 10.5. The van der Waals surface area contributed by atoms with Crippen LogP contribution < -0.4 is 10.6 Å². The van der Waals surface area contributed by atoms with Gasteiger partial charge in [0.25, 0.3) is 0 Å². The molecule has 0 spiro atoms. The van der Waals surface area contributed by atoms with Gasteiger partial charge in [-0.1, -0.05) is 27.7 Å². The Hall–Kier alpha value is -3.10. The van der Waals surface area contributed by atoms with Gasteiger partial charge in [-0.05, 0) is 38.6 Å². The largest absolute Gasteiger partial charge is 0.480 e. The van der Waals surface area contributed by atoms with Crippen molar-refractivity contribution in [1.29, 1.82) is 0 Å². The number of amides is 1. The first-order valence-corrected chi connectivity index (χ1v) is 13.3. The van der Waals surface area contributed by atoms with E-state index in [1.807, 2.05) is 27.7 Å². The molecule has 0 aliphatic carbocycles. The molecular weight excluding hydrogens is 528 g/mol. The standard InChI is InChI=1S/C26H46N4O10/c1-17(2)11-20(27-6)25(37)39-9-10-40-26(38)21(12-18(3)4)28-22(32)14-30(16-24(35)36)8-7-29(13-19(5)31)15-23(33)34/h17-18,20-21,27H,7-16H2,1-6H3,(H,28,32)(H,33,34)(H,35,36). The molecule has 0 fully saturated rings. The van der Waals surface area contributed by atoms with E-state index in [0.29, 0.717) is 6.42 Å². The van der Waals surface area contributed by atoms with Gasteiger partial charge in [0.15, 0.2) is 0 Å². The highest BCUT2D eigenvalue weighted by Crippen LogP contribution is 2.08. The summed E-state index contributed by atoms with van der Waals surface area (Å²) in [6, 6.07) is -1.49. The number of rotatable bonds is 22. The van der Waals surface area contributed by atoms with Gasteiger partial charge >= 0.3 is 23.9 Å². The zero-order valence-corrected chi connectivity index (χ0v) is 24.4. The Balaban J connectivity index is 5.07. The van der Waals surface area contributed by atoms with Crippen LogP contribution in [0.25, 0.3) is 0 Å². The van der Waals surface area contributed by atoms with E-state index in [1.165, 1.54) is 16.7 Å². The maximum absolute atomic E-state index is 12.8.